The lowest BCUT2D eigenvalue weighted by atomic mass is 9.92. The number of hydrogen-bond donors (Lipinski definition) is 0. The van der Waals surface area contributed by atoms with Gasteiger partial charge in [-0.1, -0.05) is 36.4 Å². The molecule has 5 rings (SSSR count). The monoisotopic (exact) mass is 480 g/mol. The first kappa shape index (κ1) is 23.3. The van der Waals surface area contributed by atoms with Gasteiger partial charge in [0.25, 0.3) is 5.70 Å². The molecule has 1 aliphatic rings. The van der Waals surface area contributed by atoms with Crippen molar-refractivity contribution in [3.63, 3.8) is 0 Å². The van der Waals surface area contributed by atoms with Gasteiger partial charge in [0.1, 0.15) is 0 Å². The molecular formula is C32H12N6. The minimum absolute atomic E-state index is 0.108. The zero-order valence-electron chi connectivity index (χ0n) is 19.6. The van der Waals surface area contributed by atoms with Crippen molar-refractivity contribution in [1.82, 2.24) is 0 Å². The molecule has 0 aromatic heterocycles. The molecule has 6 nitrogen and oxygen atoms in total. The summed E-state index contributed by atoms with van der Waals surface area (Å²) in [6.07, 6.45) is 0. The van der Waals surface area contributed by atoms with Crippen molar-refractivity contribution < 1.29 is 0 Å². The average molecular weight is 480 g/mol. The quantitative estimate of drug-likeness (QED) is 0.189. The second-order valence-electron chi connectivity index (χ2n) is 8.38. The average Bonchev–Trinajstić information content (AvgIpc) is 3.28. The van der Waals surface area contributed by atoms with Crippen LogP contribution in [-0.2, 0) is 0 Å². The Bertz CT molecular complexity index is 1840. The summed E-state index contributed by atoms with van der Waals surface area (Å²) < 4.78 is 0. The lowest BCUT2D eigenvalue weighted by Crippen LogP contribution is -1.91. The molecular weight excluding hydrogens is 468 g/mol. The van der Waals surface area contributed by atoms with Crippen LogP contribution in [0.2, 0.25) is 0 Å². The van der Waals surface area contributed by atoms with Crippen molar-refractivity contribution in [3.05, 3.63) is 135 Å². The zero-order valence-corrected chi connectivity index (χ0v) is 19.6. The van der Waals surface area contributed by atoms with Gasteiger partial charge in [0.2, 0.25) is 0 Å². The summed E-state index contributed by atoms with van der Waals surface area (Å²) in [5.74, 6) is 0. The molecule has 0 saturated carbocycles. The van der Waals surface area contributed by atoms with Crippen molar-refractivity contribution in [1.29, 1.82) is 15.8 Å². The molecule has 4 aromatic rings. The fourth-order valence-electron chi connectivity index (χ4n) is 4.74. The lowest BCUT2D eigenvalue weighted by molar-refractivity contribution is 1.46. The van der Waals surface area contributed by atoms with Crippen molar-refractivity contribution in [2.45, 2.75) is 0 Å². The Morgan fingerprint density at radius 3 is 1.95 bits per heavy atom. The maximum absolute atomic E-state index is 10.00. The van der Waals surface area contributed by atoms with E-state index in [0.29, 0.717) is 72.6 Å². The van der Waals surface area contributed by atoms with Crippen LogP contribution in [0.3, 0.4) is 0 Å². The minimum Gasteiger partial charge on any atom is -0.238 e. The summed E-state index contributed by atoms with van der Waals surface area (Å²) in [5.41, 5.74) is 6.91. The van der Waals surface area contributed by atoms with Crippen LogP contribution in [0.4, 0.5) is 11.4 Å². The Hall–Kier alpha value is -6.44. The van der Waals surface area contributed by atoms with Gasteiger partial charge in [-0.3, -0.25) is 0 Å². The van der Waals surface area contributed by atoms with E-state index in [-0.39, 0.29) is 5.70 Å². The fourth-order valence-corrected chi connectivity index (χ4v) is 4.74. The molecule has 0 N–H and O–H groups in total. The Balaban J connectivity index is 1.85. The lowest BCUT2D eigenvalue weighted by Gasteiger charge is -2.10. The van der Waals surface area contributed by atoms with E-state index in [0.717, 1.165) is 0 Å². The summed E-state index contributed by atoms with van der Waals surface area (Å²) >= 11 is 0. The van der Waals surface area contributed by atoms with E-state index in [1.807, 2.05) is 12.1 Å². The van der Waals surface area contributed by atoms with Crippen molar-refractivity contribution in [2.75, 3.05) is 0 Å². The van der Waals surface area contributed by atoms with Crippen LogP contribution in [0.1, 0.15) is 22.3 Å². The Kier molecular flexibility index (Phi) is 5.71. The van der Waals surface area contributed by atoms with E-state index < -0.39 is 0 Å². The van der Waals surface area contributed by atoms with E-state index >= 15 is 0 Å². The Labute approximate surface area is 219 Å². The molecule has 1 aliphatic carbocycles. The van der Waals surface area contributed by atoms with Crippen LogP contribution >= 0.6 is 0 Å². The van der Waals surface area contributed by atoms with Crippen LogP contribution in [0.15, 0.2) is 78.5 Å². The largest absolute Gasteiger partial charge is 0.270 e. The molecule has 0 amide bonds. The summed E-state index contributed by atoms with van der Waals surface area (Å²) in [6, 6.07) is 27.2. The molecule has 0 spiro atoms. The number of benzene rings is 4. The molecule has 0 saturated heterocycles. The third kappa shape index (κ3) is 3.62. The SMILES string of the molecule is [C-]#[N+]/C(C#N)=C1/c2cc(-c3cccc(C#N)c3)c(C#N)cc2-c2cc([N+]#[C-])c(-c3cccc([N+]#[C-])c3)cc21. The molecule has 6 heteroatoms. The molecule has 0 fully saturated rings. The van der Waals surface area contributed by atoms with Crippen LogP contribution in [0.5, 0.6) is 0 Å². The summed E-state index contributed by atoms with van der Waals surface area (Å²) in [4.78, 5) is 10.7. The van der Waals surface area contributed by atoms with Gasteiger partial charge in [0.05, 0.1) is 49.1 Å². The third-order valence-electron chi connectivity index (χ3n) is 6.41. The van der Waals surface area contributed by atoms with Gasteiger partial charge in [-0.2, -0.15) is 10.5 Å². The summed E-state index contributed by atoms with van der Waals surface area (Å²) in [7, 11) is 0. The number of allylic oxidation sites excluding steroid dienone is 1. The molecule has 0 unspecified atom stereocenters. The van der Waals surface area contributed by atoms with Crippen LogP contribution < -0.4 is 0 Å². The number of nitrogens with zero attached hydrogens (tertiary/aromatic N) is 6. The Morgan fingerprint density at radius 2 is 1.32 bits per heavy atom. The van der Waals surface area contributed by atoms with Gasteiger partial charge in [-0.25, -0.2) is 19.8 Å². The maximum atomic E-state index is 10.00. The molecule has 38 heavy (non-hydrogen) atoms. The van der Waals surface area contributed by atoms with Gasteiger partial charge in [0.15, 0.2) is 11.4 Å². The van der Waals surface area contributed by atoms with Crippen molar-refractivity contribution in [3.8, 4) is 51.6 Å². The molecule has 0 bridgehead atoms. The molecule has 0 aliphatic heterocycles. The smallest absolute Gasteiger partial charge is 0.238 e. The molecule has 0 heterocycles. The van der Waals surface area contributed by atoms with Gasteiger partial charge >= 0.3 is 0 Å². The number of rotatable bonds is 2. The first-order valence-electron chi connectivity index (χ1n) is 11.2. The van der Waals surface area contributed by atoms with E-state index in [2.05, 4.69) is 26.7 Å². The molecule has 4 aromatic carbocycles. The predicted octanol–water partition coefficient (Wildman–Crippen LogP) is 8.05. The van der Waals surface area contributed by atoms with Gasteiger partial charge in [0, 0.05) is 11.1 Å². The predicted molar refractivity (Wildman–Crippen MR) is 143 cm³/mol. The first-order valence-corrected chi connectivity index (χ1v) is 11.2. The molecule has 0 atom stereocenters. The number of nitriles is 3. The minimum atomic E-state index is -0.108. The summed E-state index contributed by atoms with van der Waals surface area (Å²) in [5, 5.41) is 29.2. The third-order valence-corrected chi connectivity index (χ3v) is 6.41. The maximum Gasteiger partial charge on any atom is 0.270 e. The van der Waals surface area contributed by atoms with Crippen molar-refractivity contribution >= 4 is 16.9 Å². The van der Waals surface area contributed by atoms with E-state index in [1.54, 1.807) is 66.7 Å². The Morgan fingerprint density at radius 1 is 0.632 bits per heavy atom. The van der Waals surface area contributed by atoms with E-state index in [1.165, 1.54) is 0 Å². The van der Waals surface area contributed by atoms with E-state index in [4.69, 9.17) is 19.7 Å². The molecule has 170 valence electrons. The van der Waals surface area contributed by atoms with Gasteiger partial charge < -0.3 is 0 Å². The second kappa shape index (κ2) is 9.31. The highest BCUT2D eigenvalue weighted by Crippen LogP contribution is 2.51. The number of fused-ring (bicyclic) bond motifs is 3. The highest BCUT2D eigenvalue weighted by Gasteiger charge is 2.30. The van der Waals surface area contributed by atoms with Crippen molar-refractivity contribution in [2.24, 2.45) is 0 Å². The fraction of sp³-hybridized carbons (Fsp3) is 0. The normalized spacial score (nSPS) is 11.8. The highest BCUT2D eigenvalue weighted by molar-refractivity contribution is 6.07. The van der Waals surface area contributed by atoms with Gasteiger partial charge in [-0.15, -0.1) is 0 Å². The zero-order chi connectivity index (χ0) is 26.8. The molecule has 0 radical (unpaired) electrons. The van der Waals surface area contributed by atoms with Gasteiger partial charge in [-0.05, 0) is 75.3 Å². The standard InChI is InChI=1S/C32H12N6/c1-36-23-9-5-8-21(11-23)25-14-29-27(15-30(25)37-2)26-12-22(17-34)24(20-7-4-6-19(10-20)16-33)13-28(26)32(29)31(18-35)38-3/h4-15H/b32-31-. The van der Waals surface area contributed by atoms with Crippen LogP contribution in [0, 0.1) is 53.7 Å². The summed E-state index contributed by atoms with van der Waals surface area (Å²) in [6.45, 7) is 22.9. The van der Waals surface area contributed by atoms with E-state index in [9.17, 15) is 15.8 Å². The number of hydrogen-bond acceptors (Lipinski definition) is 3. The van der Waals surface area contributed by atoms with Crippen LogP contribution in [0.25, 0.3) is 53.5 Å². The topological polar surface area (TPSA) is 84.4 Å². The second-order valence-corrected chi connectivity index (χ2v) is 8.38. The van der Waals surface area contributed by atoms with Crippen LogP contribution in [-0.4, -0.2) is 0 Å². The highest BCUT2D eigenvalue weighted by atomic mass is 14.7. The first-order chi connectivity index (χ1) is 18.6.